The number of allylic oxidation sites excluding steroid dienone is 30. The topological polar surface area (TPSA) is 78.9 Å². The number of carbonyl (C=O) groups excluding carboxylic acids is 3. The lowest BCUT2D eigenvalue weighted by atomic mass is 10.1. The van der Waals surface area contributed by atoms with Crippen LogP contribution in [0.4, 0.5) is 0 Å². The first-order chi connectivity index (χ1) is 40.0. The molecule has 0 amide bonds. The predicted molar refractivity (Wildman–Crippen MR) is 352 cm³/mol. The minimum Gasteiger partial charge on any atom is -0.462 e. The van der Waals surface area contributed by atoms with Gasteiger partial charge in [0, 0.05) is 19.3 Å². The van der Waals surface area contributed by atoms with Crippen molar-refractivity contribution in [3.05, 3.63) is 182 Å². The van der Waals surface area contributed by atoms with E-state index in [1.807, 2.05) is 0 Å². The molecule has 0 aromatic rings. The van der Waals surface area contributed by atoms with E-state index in [0.717, 1.165) is 167 Å². The summed E-state index contributed by atoms with van der Waals surface area (Å²) in [5.41, 5.74) is 0. The van der Waals surface area contributed by atoms with Crippen molar-refractivity contribution in [2.75, 3.05) is 13.2 Å². The van der Waals surface area contributed by atoms with Crippen LogP contribution in [0.15, 0.2) is 182 Å². The minimum atomic E-state index is -0.815. The molecule has 0 bridgehead atoms. The van der Waals surface area contributed by atoms with Crippen molar-refractivity contribution in [3.63, 3.8) is 0 Å². The summed E-state index contributed by atoms with van der Waals surface area (Å²) < 4.78 is 16.8. The van der Waals surface area contributed by atoms with Crippen LogP contribution in [0.1, 0.15) is 252 Å². The molecule has 0 aliphatic heterocycles. The maximum atomic E-state index is 12.9. The monoisotopic (exact) mass is 1110 g/mol. The van der Waals surface area contributed by atoms with Gasteiger partial charge < -0.3 is 14.2 Å². The lowest BCUT2D eigenvalue weighted by Crippen LogP contribution is -2.30. The molecule has 0 heterocycles. The van der Waals surface area contributed by atoms with E-state index in [2.05, 4.69) is 203 Å². The zero-order valence-corrected chi connectivity index (χ0v) is 51.7. The number of carbonyl (C=O) groups is 3. The Bertz CT molecular complexity index is 1900. The molecule has 0 aromatic carbocycles. The Morgan fingerprint density at radius 3 is 0.778 bits per heavy atom. The molecule has 1 atom stereocenters. The van der Waals surface area contributed by atoms with Crippen LogP contribution in [-0.4, -0.2) is 37.2 Å². The normalized spacial score (nSPS) is 13.4. The summed E-state index contributed by atoms with van der Waals surface area (Å²) >= 11 is 0. The largest absolute Gasteiger partial charge is 0.462 e. The number of hydrogen-bond acceptors (Lipinski definition) is 6. The maximum absolute atomic E-state index is 12.9. The molecule has 0 aromatic heterocycles. The van der Waals surface area contributed by atoms with Gasteiger partial charge in [0.25, 0.3) is 0 Å². The summed E-state index contributed by atoms with van der Waals surface area (Å²) in [6, 6.07) is 0. The summed E-state index contributed by atoms with van der Waals surface area (Å²) in [5.74, 6) is -0.982. The molecule has 0 N–H and O–H groups in total. The van der Waals surface area contributed by atoms with Gasteiger partial charge in [-0.05, 0) is 141 Å². The fourth-order valence-electron chi connectivity index (χ4n) is 8.14. The van der Waals surface area contributed by atoms with Crippen LogP contribution in [0, 0.1) is 0 Å². The van der Waals surface area contributed by atoms with Crippen molar-refractivity contribution in [2.24, 2.45) is 0 Å². The molecule has 0 fully saturated rings. The zero-order valence-electron chi connectivity index (χ0n) is 51.7. The number of esters is 3. The van der Waals surface area contributed by atoms with E-state index in [-0.39, 0.29) is 44.0 Å². The molecule has 6 heteroatoms. The van der Waals surface area contributed by atoms with E-state index in [1.165, 1.54) is 38.5 Å². The van der Waals surface area contributed by atoms with Crippen LogP contribution in [0.2, 0.25) is 0 Å². The number of rotatable bonds is 56. The molecule has 6 nitrogen and oxygen atoms in total. The Morgan fingerprint density at radius 1 is 0.259 bits per heavy atom. The Morgan fingerprint density at radius 2 is 0.481 bits per heavy atom. The van der Waals surface area contributed by atoms with Gasteiger partial charge in [0.2, 0.25) is 0 Å². The molecule has 0 aliphatic rings. The Kier molecular flexibility index (Phi) is 62.5. The van der Waals surface area contributed by atoms with Crippen molar-refractivity contribution in [1.29, 1.82) is 0 Å². The highest BCUT2D eigenvalue weighted by Gasteiger charge is 2.19. The second-order valence-corrected chi connectivity index (χ2v) is 20.6. The second kappa shape index (κ2) is 67.0. The third kappa shape index (κ3) is 65.2. The Hall–Kier alpha value is -5.49. The van der Waals surface area contributed by atoms with E-state index in [0.29, 0.717) is 12.8 Å². The first-order valence-corrected chi connectivity index (χ1v) is 32.3. The Balaban J connectivity index is 4.37. The molecular formula is C75H116O6. The smallest absolute Gasteiger partial charge is 0.306 e. The number of unbranched alkanes of at least 4 members (excludes halogenated alkanes) is 15. The third-order valence-electron chi connectivity index (χ3n) is 12.9. The predicted octanol–water partition coefficient (Wildman–Crippen LogP) is 22.4. The van der Waals surface area contributed by atoms with E-state index >= 15 is 0 Å². The van der Waals surface area contributed by atoms with Crippen molar-refractivity contribution < 1.29 is 28.6 Å². The molecule has 1 unspecified atom stereocenters. The van der Waals surface area contributed by atoms with E-state index < -0.39 is 6.10 Å². The van der Waals surface area contributed by atoms with Gasteiger partial charge >= 0.3 is 17.9 Å². The number of hydrogen-bond donors (Lipinski definition) is 0. The van der Waals surface area contributed by atoms with Gasteiger partial charge in [-0.2, -0.15) is 0 Å². The zero-order chi connectivity index (χ0) is 58.5. The van der Waals surface area contributed by atoms with Crippen LogP contribution in [-0.2, 0) is 28.6 Å². The van der Waals surface area contributed by atoms with Crippen LogP contribution in [0.25, 0.3) is 0 Å². The standard InChI is InChI=1S/C75H116O6/c1-4-7-10-13-16-19-21-23-25-27-29-31-32-33-34-35-36-37-38-39-40-41-42-44-45-47-49-51-53-56-59-62-65-68-74(77)80-71-72(70-79-73(76)67-64-61-58-55-18-15-12-9-6-3)81-75(78)69-66-63-60-57-54-52-50-48-46-43-30-28-26-24-22-20-17-14-11-8-5-2/h7-8,10-11,16-17,19-20,23-26,29-31,33-34,36-37,39-40,42-44,47-50,53,56,72H,4-6,9,12-15,18,21-22,27-28,32,35,38,41,45-46,51-52,54-55,57-71H2,1-3H3/b10-7-,11-8-,19-16-,20-17-,25-23-,26-24-,31-29-,34-33-,37-36-,40-39-,43-30-,44-42-,49-47-,50-48-,56-53-. The highest BCUT2D eigenvalue weighted by atomic mass is 16.6. The quantitative estimate of drug-likeness (QED) is 0.0261. The van der Waals surface area contributed by atoms with E-state index in [1.54, 1.807) is 0 Å². The third-order valence-corrected chi connectivity index (χ3v) is 12.9. The Labute approximate surface area is 497 Å². The van der Waals surface area contributed by atoms with E-state index in [9.17, 15) is 14.4 Å². The summed E-state index contributed by atoms with van der Waals surface area (Å²) in [6.45, 7) is 6.32. The van der Waals surface area contributed by atoms with Gasteiger partial charge in [0.05, 0.1) is 0 Å². The summed E-state index contributed by atoms with van der Waals surface area (Å²) in [5, 5.41) is 0. The first kappa shape index (κ1) is 75.5. The lowest BCUT2D eigenvalue weighted by Gasteiger charge is -2.18. The van der Waals surface area contributed by atoms with Crippen LogP contribution in [0.3, 0.4) is 0 Å². The molecule has 0 aliphatic carbocycles. The minimum absolute atomic E-state index is 0.107. The average Bonchev–Trinajstić information content (AvgIpc) is 3.47. The summed E-state index contributed by atoms with van der Waals surface area (Å²) in [7, 11) is 0. The van der Waals surface area contributed by atoms with Crippen molar-refractivity contribution in [3.8, 4) is 0 Å². The summed E-state index contributed by atoms with van der Waals surface area (Å²) in [4.78, 5) is 38.2. The van der Waals surface area contributed by atoms with Crippen LogP contribution >= 0.6 is 0 Å². The molecule has 0 saturated heterocycles. The fraction of sp³-hybridized carbons (Fsp3) is 0.560. The fourth-order valence-corrected chi connectivity index (χ4v) is 8.14. The van der Waals surface area contributed by atoms with Crippen LogP contribution < -0.4 is 0 Å². The van der Waals surface area contributed by atoms with Gasteiger partial charge in [-0.15, -0.1) is 0 Å². The van der Waals surface area contributed by atoms with Gasteiger partial charge in [-0.3, -0.25) is 14.4 Å². The number of ether oxygens (including phenoxy) is 3. The van der Waals surface area contributed by atoms with Gasteiger partial charge in [-0.1, -0.05) is 274 Å². The molecule has 0 spiro atoms. The first-order valence-electron chi connectivity index (χ1n) is 32.3. The SMILES string of the molecule is CC/C=C\C/C=C\C/C=C\C/C=C\C/C=C\C/C=C\C/C=C\C/C=C\C/C=C\C/C=C\CCCCC(=O)OCC(COC(=O)CCCCCCCCCCC)OC(=O)CCCCCCC/C=C\C/C=C\C/C=C\C/C=C\C/C=C\CC. The van der Waals surface area contributed by atoms with Crippen molar-refractivity contribution in [1.82, 2.24) is 0 Å². The second-order valence-electron chi connectivity index (χ2n) is 20.6. The molecule has 81 heavy (non-hydrogen) atoms. The maximum Gasteiger partial charge on any atom is 0.306 e. The van der Waals surface area contributed by atoms with E-state index in [4.69, 9.17) is 14.2 Å². The summed E-state index contributed by atoms with van der Waals surface area (Å²) in [6.07, 6.45) is 101. The van der Waals surface area contributed by atoms with Gasteiger partial charge in [-0.25, -0.2) is 0 Å². The van der Waals surface area contributed by atoms with Gasteiger partial charge in [0.15, 0.2) is 6.10 Å². The molecule has 0 radical (unpaired) electrons. The van der Waals surface area contributed by atoms with Gasteiger partial charge in [0.1, 0.15) is 13.2 Å². The van der Waals surface area contributed by atoms with Crippen LogP contribution in [0.5, 0.6) is 0 Å². The molecule has 0 saturated carbocycles. The van der Waals surface area contributed by atoms with Crippen molar-refractivity contribution >= 4 is 17.9 Å². The van der Waals surface area contributed by atoms with Crippen molar-refractivity contribution in [2.45, 2.75) is 258 Å². The molecule has 452 valence electrons. The highest BCUT2D eigenvalue weighted by molar-refractivity contribution is 5.71. The molecule has 0 rings (SSSR count). The lowest BCUT2D eigenvalue weighted by molar-refractivity contribution is -0.167. The average molecular weight is 1110 g/mol. The molecular weight excluding hydrogens is 997 g/mol. The highest BCUT2D eigenvalue weighted by Crippen LogP contribution is 2.13.